The van der Waals surface area contributed by atoms with E-state index in [-0.39, 0.29) is 5.75 Å². The lowest BCUT2D eigenvalue weighted by molar-refractivity contribution is 0.0636. The molecule has 0 aliphatic carbocycles. The number of ether oxygens (including phenoxy) is 1. The molecule has 1 rings (SSSR count). The van der Waals surface area contributed by atoms with Crippen LogP contribution in [0.25, 0.3) is 0 Å². The maximum Gasteiger partial charge on any atom is 0.412 e. The summed E-state index contributed by atoms with van der Waals surface area (Å²) in [4.78, 5) is 11.7. The highest BCUT2D eigenvalue weighted by molar-refractivity contribution is 6.05. The van der Waals surface area contributed by atoms with E-state index < -0.39 is 11.7 Å². The number of carbonyl (C=O) groups excluding carboxylic acids is 1. The van der Waals surface area contributed by atoms with Crippen LogP contribution in [0, 0.1) is 5.41 Å². The van der Waals surface area contributed by atoms with E-state index in [0.29, 0.717) is 23.4 Å². The summed E-state index contributed by atoms with van der Waals surface area (Å²) < 4.78 is 5.16. The number of carbonyl (C=O) groups is 1. The van der Waals surface area contributed by atoms with E-state index in [9.17, 15) is 9.90 Å². The maximum atomic E-state index is 11.7. The zero-order valence-corrected chi connectivity index (χ0v) is 11.7. The third kappa shape index (κ3) is 4.62. The fourth-order valence-electron chi connectivity index (χ4n) is 1.49. The van der Waals surface area contributed by atoms with Crippen molar-refractivity contribution >= 4 is 17.5 Å². The lowest BCUT2D eigenvalue weighted by Crippen LogP contribution is -2.27. The number of benzene rings is 1. The first-order chi connectivity index (χ1) is 8.73. The molecule has 0 unspecified atom stereocenters. The summed E-state index contributed by atoms with van der Waals surface area (Å²) in [5.74, 6) is 0.0583. The van der Waals surface area contributed by atoms with Gasteiger partial charge in [-0.3, -0.25) is 5.32 Å². The van der Waals surface area contributed by atoms with Crippen molar-refractivity contribution in [3.8, 4) is 5.75 Å². The van der Waals surface area contributed by atoms with E-state index in [4.69, 9.17) is 10.1 Å². The van der Waals surface area contributed by atoms with Gasteiger partial charge in [0, 0.05) is 11.3 Å². The van der Waals surface area contributed by atoms with Gasteiger partial charge in [-0.15, -0.1) is 0 Å². The van der Waals surface area contributed by atoms with Gasteiger partial charge in [-0.05, 0) is 45.4 Å². The lowest BCUT2D eigenvalue weighted by Gasteiger charge is -2.20. The first kappa shape index (κ1) is 15.0. The van der Waals surface area contributed by atoms with E-state index >= 15 is 0 Å². The molecule has 1 aromatic carbocycles. The van der Waals surface area contributed by atoms with Crippen molar-refractivity contribution in [1.29, 1.82) is 5.41 Å². The van der Waals surface area contributed by atoms with Gasteiger partial charge >= 0.3 is 6.09 Å². The van der Waals surface area contributed by atoms with Crippen molar-refractivity contribution in [2.24, 2.45) is 0 Å². The summed E-state index contributed by atoms with van der Waals surface area (Å²) >= 11 is 0. The van der Waals surface area contributed by atoms with Crippen LogP contribution in [0.2, 0.25) is 0 Å². The number of rotatable bonds is 3. The quantitative estimate of drug-likeness (QED) is 0.577. The third-order valence-electron chi connectivity index (χ3n) is 2.32. The minimum Gasteiger partial charge on any atom is -0.508 e. The summed E-state index contributed by atoms with van der Waals surface area (Å²) in [6.07, 6.45) is -0.0738. The van der Waals surface area contributed by atoms with Crippen molar-refractivity contribution in [3.05, 3.63) is 23.8 Å². The van der Waals surface area contributed by atoms with E-state index in [2.05, 4.69) is 5.32 Å². The second-order valence-corrected chi connectivity index (χ2v) is 5.19. The molecule has 1 aromatic rings. The highest BCUT2D eigenvalue weighted by atomic mass is 16.6. The van der Waals surface area contributed by atoms with Crippen LogP contribution in [-0.4, -0.2) is 22.5 Å². The predicted molar refractivity (Wildman–Crippen MR) is 75.1 cm³/mol. The fourth-order valence-corrected chi connectivity index (χ4v) is 1.49. The smallest absolute Gasteiger partial charge is 0.412 e. The fraction of sp³-hybridized carbons (Fsp3) is 0.429. The summed E-state index contributed by atoms with van der Waals surface area (Å²) in [6, 6.07) is 4.47. The third-order valence-corrected chi connectivity index (χ3v) is 2.32. The highest BCUT2D eigenvalue weighted by Crippen LogP contribution is 2.23. The van der Waals surface area contributed by atoms with Gasteiger partial charge in [0.15, 0.2) is 0 Å². The van der Waals surface area contributed by atoms with Gasteiger partial charge in [0.2, 0.25) is 0 Å². The number of aromatic hydroxyl groups is 1. The Morgan fingerprint density at radius 2 is 2.05 bits per heavy atom. The number of anilines is 1. The van der Waals surface area contributed by atoms with Crippen molar-refractivity contribution in [2.75, 3.05) is 5.32 Å². The van der Waals surface area contributed by atoms with Gasteiger partial charge in [0.1, 0.15) is 11.4 Å². The molecule has 0 atom stereocenters. The molecular weight excluding hydrogens is 244 g/mol. The van der Waals surface area contributed by atoms with Crippen LogP contribution in [-0.2, 0) is 4.74 Å². The van der Waals surface area contributed by atoms with Crippen LogP contribution in [0.3, 0.4) is 0 Å². The van der Waals surface area contributed by atoms with Gasteiger partial charge in [-0.2, -0.15) is 0 Å². The largest absolute Gasteiger partial charge is 0.508 e. The molecule has 5 heteroatoms. The molecule has 3 N–H and O–H groups in total. The molecule has 0 spiro atoms. The van der Waals surface area contributed by atoms with Crippen molar-refractivity contribution in [2.45, 2.75) is 39.7 Å². The number of hydrogen-bond acceptors (Lipinski definition) is 4. The van der Waals surface area contributed by atoms with E-state index in [0.717, 1.165) is 0 Å². The highest BCUT2D eigenvalue weighted by Gasteiger charge is 2.18. The Hall–Kier alpha value is -2.04. The zero-order chi connectivity index (χ0) is 14.6. The van der Waals surface area contributed by atoms with Crippen LogP contribution in [0.5, 0.6) is 5.75 Å². The average molecular weight is 264 g/mol. The molecule has 0 aliphatic rings. The first-order valence-electron chi connectivity index (χ1n) is 6.13. The molecule has 0 saturated heterocycles. The van der Waals surface area contributed by atoms with Gasteiger partial charge in [-0.25, -0.2) is 4.79 Å². The number of phenolic OH excluding ortho intramolecular Hbond substituents is 1. The molecular formula is C14H20N2O3. The summed E-state index contributed by atoms with van der Waals surface area (Å²) in [7, 11) is 0. The maximum absolute atomic E-state index is 11.7. The topological polar surface area (TPSA) is 82.4 Å². The number of hydrogen-bond donors (Lipinski definition) is 3. The van der Waals surface area contributed by atoms with Crippen LogP contribution in [0.15, 0.2) is 18.2 Å². The molecule has 0 bridgehead atoms. The Bertz CT molecular complexity index is 490. The SMILES string of the molecule is CCC(=N)c1cc(O)ccc1NC(=O)OC(C)(C)C. The van der Waals surface area contributed by atoms with Crippen LogP contribution >= 0.6 is 0 Å². The summed E-state index contributed by atoms with van der Waals surface area (Å²) in [6.45, 7) is 7.17. The Labute approximate surface area is 113 Å². The Morgan fingerprint density at radius 1 is 1.42 bits per heavy atom. The summed E-state index contributed by atoms with van der Waals surface area (Å²) in [5, 5.41) is 19.9. The monoisotopic (exact) mass is 264 g/mol. The zero-order valence-electron chi connectivity index (χ0n) is 11.7. The molecule has 1 amide bonds. The Balaban J connectivity index is 2.95. The van der Waals surface area contributed by atoms with Crippen LogP contribution in [0.1, 0.15) is 39.7 Å². The molecule has 0 saturated carbocycles. The normalized spacial score (nSPS) is 10.9. The van der Waals surface area contributed by atoms with E-state index in [1.165, 1.54) is 12.1 Å². The van der Waals surface area contributed by atoms with Crippen molar-refractivity contribution in [3.63, 3.8) is 0 Å². The second-order valence-electron chi connectivity index (χ2n) is 5.19. The molecule has 19 heavy (non-hydrogen) atoms. The van der Waals surface area contributed by atoms with Gasteiger partial charge in [0.25, 0.3) is 0 Å². The molecule has 0 heterocycles. The molecule has 0 fully saturated rings. The minimum absolute atomic E-state index is 0.0583. The van der Waals surface area contributed by atoms with E-state index in [1.54, 1.807) is 26.8 Å². The second kappa shape index (κ2) is 5.73. The minimum atomic E-state index is -0.584. The van der Waals surface area contributed by atoms with Gasteiger partial charge < -0.3 is 15.3 Å². The van der Waals surface area contributed by atoms with Crippen LogP contribution < -0.4 is 5.32 Å². The average Bonchev–Trinajstić information content (AvgIpc) is 2.28. The standard InChI is InChI=1S/C14H20N2O3/c1-5-11(15)10-8-9(17)6-7-12(10)16-13(18)19-14(2,3)4/h6-8,15,17H,5H2,1-4H3,(H,16,18). The Kier molecular flexibility index (Phi) is 4.53. The first-order valence-corrected chi connectivity index (χ1v) is 6.13. The van der Waals surface area contributed by atoms with Crippen LogP contribution in [0.4, 0.5) is 10.5 Å². The predicted octanol–water partition coefficient (Wildman–Crippen LogP) is 3.52. The number of phenols is 1. The molecule has 0 aliphatic heterocycles. The lowest BCUT2D eigenvalue weighted by atomic mass is 10.1. The summed E-state index contributed by atoms with van der Waals surface area (Å²) in [5.41, 5.74) is 0.702. The Morgan fingerprint density at radius 3 is 2.58 bits per heavy atom. The molecule has 0 radical (unpaired) electrons. The van der Waals surface area contributed by atoms with Crippen molar-refractivity contribution in [1.82, 2.24) is 0 Å². The number of nitrogens with one attached hydrogen (secondary N) is 2. The molecule has 5 nitrogen and oxygen atoms in total. The van der Waals surface area contributed by atoms with Gasteiger partial charge in [0.05, 0.1) is 5.69 Å². The molecule has 0 aromatic heterocycles. The van der Waals surface area contributed by atoms with E-state index in [1.807, 2.05) is 6.92 Å². The van der Waals surface area contributed by atoms with Crippen molar-refractivity contribution < 1.29 is 14.6 Å². The number of amides is 1. The van der Waals surface area contributed by atoms with Gasteiger partial charge in [-0.1, -0.05) is 6.92 Å². The molecule has 104 valence electrons.